The minimum Gasteiger partial charge on any atom is -0.481 e. The number of carbonyl (C=O) groups is 1. The number of aliphatic carboxylic acids is 1. The first-order valence-corrected chi connectivity index (χ1v) is 12.8. The van der Waals surface area contributed by atoms with E-state index in [9.17, 15) is 9.90 Å². The lowest BCUT2D eigenvalue weighted by Gasteiger charge is -2.25. The number of rotatable bonds is 12. The molecule has 32 heavy (non-hydrogen) atoms. The van der Waals surface area contributed by atoms with Gasteiger partial charge in [-0.15, -0.1) is 0 Å². The molecule has 2 heterocycles. The molecule has 2 atom stereocenters. The molecule has 0 saturated heterocycles. The summed E-state index contributed by atoms with van der Waals surface area (Å²) in [4.78, 5) is 14.6. The molecule has 1 aromatic heterocycles. The Morgan fingerprint density at radius 2 is 1.81 bits per heavy atom. The Kier molecular flexibility index (Phi) is 13.3. The van der Waals surface area contributed by atoms with Gasteiger partial charge in [-0.05, 0) is 37.8 Å². The van der Waals surface area contributed by atoms with Crippen LogP contribution in [0.2, 0.25) is 0 Å². The normalized spacial score (nSPS) is 19.2. The van der Waals surface area contributed by atoms with Crippen molar-refractivity contribution in [1.29, 1.82) is 0 Å². The predicted molar refractivity (Wildman–Crippen MR) is 128 cm³/mol. The van der Waals surface area contributed by atoms with Gasteiger partial charge in [0.1, 0.15) is 12.5 Å². The number of fused-ring (bicyclic) bond motifs is 1. The van der Waals surface area contributed by atoms with Crippen molar-refractivity contribution in [2.75, 3.05) is 19.8 Å². The standard InChI is InChI=1S/C18H37NO.C8H7NO3/c1-2-3-4-5-6-9-12-15-19-18(16-20)17-13-10-7-8-11-14-17;10-8(11)6-4-12-7-5(6)2-1-3-9-7/h17-20H,2-16H2,1H3;1-3,6H,4H2,(H,10,11)/t18-;6-/m11/s1. The van der Waals surface area contributed by atoms with E-state index in [1.807, 2.05) is 0 Å². The van der Waals surface area contributed by atoms with Crippen LogP contribution in [0, 0.1) is 5.92 Å². The van der Waals surface area contributed by atoms with E-state index in [-0.39, 0.29) is 6.61 Å². The molecule has 1 aromatic rings. The molecule has 182 valence electrons. The van der Waals surface area contributed by atoms with Crippen LogP contribution in [0.15, 0.2) is 18.3 Å². The van der Waals surface area contributed by atoms with Gasteiger partial charge >= 0.3 is 5.97 Å². The Labute approximate surface area is 194 Å². The zero-order valence-electron chi connectivity index (χ0n) is 19.9. The summed E-state index contributed by atoms with van der Waals surface area (Å²) >= 11 is 0. The van der Waals surface area contributed by atoms with Crippen LogP contribution in [0.5, 0.6) is 5.88 Å². The number of nitrogens with zero attached hydrogens (tertiary/aromatic N) is 1. The van der Waals surface area contributed by atoms with E-state index in [4.69, 9.17) is 9.84 Å². The van der Waals surface area contributed by atoms with Crippen molar-refractivity contribution in [2.24, 2.45) is 5.92 Å². The number of hydrogen-bond acceptors (Lipinski definition) is 5. The second-order valence-corrected chi connectivity index (χ2v) is 9.22. The molecule has 0 radical (unpaired) electrons. The number of carboxylic acid groups (broad SMARTS) is 1. The van der Waals surface area contributed by atoms with Gasteiger partial charge in [-0.1, -0.05) is 77.2 Å². The van der Waals surface area contributed by atoms with Crippen molar-refractivity contribution in [3.63, 3.8) is 0 Å². The Morgan fingerprint density at radius 3 is 2.47 bits per heavy atom. The van der Waals surface area contributed by atoms with Gasteiger partial charge < -0.3 is 20.3 Å². The van der Waals surface area contributed by atoms with Gasteiger partial charge in [0.25, 0.3) is 0 Å². The van der Waals surface area contributed by atoms with Crippen molar-refractivity contribution in [2.45, 2.75) is 102 Å². The monoisotopic (exact) mass is 448 g/mol. The Balaban J connectivity index is 0.000000255. The highest BCUT2D eigenvalue weighted by Gasteiger charge is 2.30. The highest BCUT2D eigenvalue weighted by Crippen LogP contribution is 2.31. The highest BCUT2D eigenvalue weighted by atomic mass is 16.5. The lowest BCUT2D eigenvalue weighted by molar-refractivity contribution is -0.138. The quantitative estimate of drug-likeness (QED) is 0.297. The SMILES string of the molecule is CCCCCCCCCN[C@H](CO)C1CCCCCC1.O=C(O)[C@@H]1COc2ncccc21. The van der Waals surface area contributed by atoms with Crippen molar-refractivity contribution < 1.29 is 19.7 Å². The topological polar surface area (TPSA) is 91.7 Å². The number of unbranched alkanes of at least 4 members (excludes halogenated alkanes) is 6. The van der Waals surface area contributed by atoms with E-state index in [1.165, 1.54) is 83.5 Å². The number of aromatic nitrogens is 1. The number of nitrogens with one attached hydrogen (secondary N) is 1. The lowest BCUT2D eigenvalue weighted by Crippen LogP contribution is -2.39. The van der Waals surface area contributed by atoms with Gasteiger partial charge in [-0.25, -0.2) is 4.98 Å². The van der Waals surface area contributed by atoms with E-state index in [2.05, 4.69) is 17.2 Å². The summed E-state index contributed by atoms with van der Waals surface area (Å²) in [6.45, 7) is 3.88. The molecule has 1 aliphatic heterocycles. The molecule has 1 fully saturated rings. The van der Waals surface area contributed by atoms with E-state index < -0.39 is 11.9 Å². The van der Waals surface area contributed by atoms with Gasteiger partial charge in [-0.2, -0.15) is 0 Å². The number of hydrogen-bond donors (Lipinski definition) is 3. The summed E-state index contributed by atoms with van der Waals surface area (Å²) < 4.78 is 5.08. The van der Waals surface area contributed by atoms with Crippen molar-refractivity contribution in [1.82, 2.24) is 10.3 Å². The Hall–Kier alpha value is -1.66. The number of pyridine rings is 1. The molecule has 0 aromatic carbocycles. The molecule has 1 saturated carbocycles. The minimum absolute atomic E-state index is 0.196. The van der Waals surface area contributed by atoms with Crippen LogP contribution in [0.1, 0.15) is 102 Å². The van der Waals surface area contributed by atoms with Crippen LogP contribution >= 0.6 is 0 Å². The third-order valence-corrected chi connectivity index (χ3v) is 6.71. The van der Waals surface area contributed by atoms with Crippen LogP contribution in [-0.4, -0.2) is 47.0 Å². The molecule has 0 spiro atoms. The summed E-state index contributed by atoms with van der Waals surface area (Å²) in [6, 6.07) is 3.80. The molecular weight excluding hydrogens is 404 g/mol. The van der Waals surface area contributed by atoms with E-state index in [0.717, 1.165) is 6.54 Å². The molecule has 0 unspecified atom stereocenters. The van der Waals surface area contributed by atoms with E-state index in [1.54, 1.807) is 18.3 Å². The summed E-state index contributed by atoms with van der Waals surface area (Å²) in [5.74, 6) is -0.243. The maximum atomic E-state index is 10.7. The summed E-state index contributed by atoms with van der Waals surface area (Å²) in [5, 5.41) is 22.0. The zero-order valence-corrected chi connectivity index (χ0v) is 19.9. The summed E-state index contributed by atoms with van der Waals surface area (Å²) in [5.41, 5.74) is 0.671. The number of carboxylic acids is 1. The smallest absolute Gasteiger partial charge is 0.314 e. The molecule has 3 rings (SSSR count). The van der Waals surface area contributed by atoms with E-state index >= 15 is 0 Å². The molecule has 1 aliphatic carbocycles. The van der Waals surface area contributed by atoms with Gasteiger partial charge in [0.2, 0.25) is 5.88 Å². The summed E-state index contributed by atoms with van der Waals surface area (Å²) in [7, 11) is 0. The van der Waals surface area contributed by atoms with Crippen LogP contribution in [0.4, 0.5) is 0 Å². The molecular formula is C26H44N2O4. The number of aliphatic hydroxyl groups is 1. The van der Waals surface area contributed by atoms with Gasteiger partial charge in [-0.3, -0.25) is 4.79 Å². The second kappa shape index (κ2) is 16.0. The maximum Gasteiger partial charge on any atom is 0.314 e. The third-order valence-electron chi connectivity index (χ3n) is 6.71. The fourth-order valence-electron chi connectivity index (χ4n) is 4.71. The number of aliphatic hydroxyl groups excluding tert-OH is 1. The Bertz CT molecular complexity index is 632. The summed E-state index contributed by atoms with van der Waals surface area (Å²) in [6.07, 6.45) is 19.3. The molecule has 6 heteroatoms. The van der Waals surface area contributed by atoms with Crippen LogP contribution < -0.4 is 10.1 Å². The first-order valence-electron chi connectivity index (χ1n) is 12.8. The zero-order chi connectivity index (χ0) is 23.0. The minimum atomic E-state index is -0.859. The predicted octanol–water partition coefficient (Wildman–Crippen LogP) is 5.30. The first-order chi connectivity index (χ1) is 15.7. The van der Waals surface area contributed by atoms with E-state index in [0.29, 0.717) is 30.0 Å². The van der Waals surface area contributed by atoms with Crippen LogP contribution in [-0.2, 0) is 4.79 Å². The van der Waals surface area contributed by atoms with Crippen LogP contribution in [0.3, 0.4) is 0 Å². The molecule has 0 bridgehead atoms. The fraction of sp³-hybridized carbons (Fsp3) is 0.769. The molecule has 3 N–H and O–H groups in total. The molecule has 6 nitrogen and oxygen atoms in total. The average molecular weight is 449 g/mol. The van der Waals surface area contributed by atoms with Crippen LogP contribution in [0.25, 0.3) is 0 Å². The van der Waals surface area contributed by atoms with Crippen molar-refractivity contribution in [3.8, 4) is 5.88 Å². The fourth-order valence-corrected chi connectivity index (χ4v) is 4.71. The highest BCUT2D eigenvalue weighted by molar-refractivity contribution is 5.78. The Morgan fingerprint density at radius 1 is 1.12 bits per heavy atom. The van der Waals surface area contributed by atoms with Crippen molar-refractivity contribution >= 4 is 5.97 Å². The van der Waals surface area contributed by atoms with Gasteiger partial charge in [0, 0.05) is 17.8 Å². The third kappa shape index (κ3) is 9.45. The average Bonchev–Trinajstić information content (AvgIpc) is 3.06. The largest absolute Gasteiger partial charge is 0.481 e. The van der Waals surface area contributed by atoms with Crippen molar-refractivity contribution in [3.05, 3.63) is 23.9 Å². The second-order valence-electron chi connectivity index (χ2n) is 9.22. The molecule has 2 aliphatic rings. The van der Waals surface area contributed by atoms with Gasteiger partial charge in [0.15, 0.2) is 0 Å². The lowest BCUT2D eigenvalue weighted by atomic mass is 9.92. The van der Waals surface area contributed by atoms with Gasteiger partial charge in [0.05, 0.1) is 6.61 Å². The number of ether oxygens (including phenoxy) is 1. The molecule has 0 amide bonds. The first kappa shape index (κ1) is 26.6. The maximum absolute atomic E-state index is 10.7.